The Morgan fingerprint density at radius 3 is 2.08 bits per heavy atom. The van der Waals surface area contributed by atoms with Crippen molar-refractivity contribution >= 4 is 5.97 Å². The van der Waals surface area contributed by atoms with E-state index >= 15 is 0 Å². The summed E-state index contributed by atoms with van der Waals surface area (Å²) in [5.74, 6) is -0.666. The molecule has 10 N–H and O–H groups in total. The number of hydrogen-bond acceptors (Lipinski definition) is 16. The average molecular weight is 899 g/mol. The van der Waals surface area contributed by atoms with Crippen LogP contribution in [-0.2, 0) is 33.2 Å². The van der Waals surface area contributed by atoms with Crippen molar-refractivity contribution in [3.63, 3.8) is 0 Å². The zero-order valence-corrected chi connectivity index (χ0v) is 37.8. The van der Waals surface area contributed by atoms with E-state index in [0.717, 1.165) is 32.1 Å². The van der Waals surface area contributed by atoms with Crippen LogP contribution in [0.15, 0.2) is 11.6 Å². The van der Waals surface area contributed by atoms with Gasteiger partial charge in [-0.05, 0) is 117 Å². The van der Waals surface area contributed by atoms with Crippen molar-refractivity contribution in [3.8, 4) is 0 Å². The number of aliphatic hydroxyl groups excluding tert-OH is 8. The topological polar surface area (TPSA) is 275 Å². The first-order valence-corrected chi connectivity index (χ1v) is 23.3. The summed E-state index contributed by atoms with van der Waals surface area (Å²) in [6, 6.07) is 0. The second-order valence-electron chi connectivity index (χ2n) is 22.4. The first kappa shape index (κ1) is 48.1. The van der Waals surface area contributed by atoms with E-state index in [1.54, 1.807) is 6.92 Å². The summed E-state index contributed by atoms with van der Waals surface area (Å²) >= 11 is 0. The van der Waals surface area contributed by atoms with Crippen LogP contribution in [-0.4, -0.2) is 168 Å². The van der Waals surface area contributed by atoms with E-state index in [1.807, 2.05) is 0 Å². The molecule has 5 aliphatic carbocycles. The molecule has 0 bridgehead atoms. The Hall–Kier alpha value is -1.39. The lowest BCUT2D eigenvalue weighted by Gasteiger charge is -2.71. The number of allylic oxidation sites excluding steroid dienone is 2. The molecule has 7 fully saturated rings. The number of hydrogen-bond donors (Lipinski definition) is 10. The molecule has 17 nitrogen and oxygen atoms in total. The number of carbonyl (C=O) groups is 1. The zero-order chi connectivity index (χ0) is 46.0. The van der Waals surface area contributed by atoms with Gasteiger partial charge in [-0.1, -0.05) is 46.3 Å². The van der Waals surface area contributed by atoms with Gasteiger partial charge in [0.25, 0.3) is 0 Å². The molecule has 0 aromatic heterocycles. The minimum absolute atomic E-state index is 0.0122. The van der Waals surface area contributed by atoms with Crippen molar-refractivity contribution in [2.24, 2.45) is 44.8 Å². The van der Waals surface area contributed by atoms with Crippen LogP contribution in [0, 0.1) is 44.8 Å². The van der Waals surface area contributed by atoms with E-state index < -0.39 is 116 Å². The van der Waals surface area contributed by atoms with Gasteiger partial charge >= 0.3 is 5.97 Å². The molecule has 23 atom stereocenters. The maximum absolute atomic E-state index is 13.1. The Bertz CT molecular complexity index is 1720. The van der Waals surface area contributed by atoms with Gasteiger partial charge < -0.3 is 79.5 Å². The van der Waals surface area contributed by atoms with Gasteiger partial charge in [0.05, 0.1) is 36.4 Å². The number of carboxylic acid groups (broad SMARTS) is 1. The van der Waals surface area contributed by atoms with Gasteiger partial charge in [0, 0.05) is 0 Å². The number of aliphatic carboxylic acids is 1. The van der Waals surface area contributed by atoms with Crippen molar-refractivity contribution in [3.05, 3.63) is 11.6 Å². The van der Waals surface area contributed by atoms with Crippen molar-refractivity contribution in [2.45, 2.75) is 210 Å². The Morgan fingerprint density at radius 2 is 1.40 bits per heavy atom. The van der Waals surface area contributed by atoms with Crippen LogP contribution < -0.4 is 0 Å². The summed E-state index contributed by atoms with van der Waals surface area (Å²) in [4.78, 5) is 13.1. The number of rotatable bonds is 8. The number of fused-ring (bicyclic) bond motifs is 7. The van der Waals surface area contributed by atoms with E-state index in [-0.39, 0.29) is 46.0 Å². The predicted molar refractivity (Wildman–Crippen MR) is 220 cm³/mol. The maximum Gasteiger partial charge on any atom is 0.310 e. The van der Waals surface area contributed by atoms with Gasteiger partial charge in [0.15, 0.2) is 18.9 Å². The Kier molecular flexibility index (Phi) is 12.7. The summed E-state index contributed by atoms with van der Waals surface area (Å²) in [5.41, 5.74) is -1.37. The fraction of sp³-hybridized carbons (Fsp3) is 0.935. The molecular formula is C46H74O17. The van der Waals surface area contributed by atoms with E-state index in [1.165, 1.54) is 12.5 Å². The van der Waals surface area contributed by atoms with Crippen LogP contribution >= 0.6 is 0 Å². The molecule has 8 aliphatic rings. The first-order valence-electron chi connectivity index (χ1n) is 23.3. The van der Waals surface area contributed by atoms with Gasteiger partial charge in [0.2, 0.25) is 0 Å². The summed E-state index contributed by atoms with van der Waals surface area (Å²) in [6.45, 7) is 13.8. The number of aliphatic hydroxyl groups is 9. The highest BCUT2D eigenvalue weighted by atomic mass is 16.8. The van der Waals surface area contributed by atoms with Gasteiger partial charge in [-0.3, -0.25) is 4.79 Å². The second-order valence-corrected chi connectivity index (χ2v) is 22.4. The summed E-state index contributed by atoms with van der Waals surface area (Å²) < 4.78 is 35.8. The number of carboxylic acids is 1. The molecule has 360 valence electrons. The quantitative estimate of drug-likeness (QED) is 0.121. The van der Waals surface area contributed by atoms with Crippen LogP contribution in [0.4, 0.5) is 0 Å². The lowest BCUT2D eigenvalue weighted by Crippen LogP contribution is -2.68. The van der Waals surface area contributed by atoms with Gasteiger partial charge in [-0.2, -0.15) is 0 Å². The maximum atomic E-state index is 13.1. The van der Waals surface area contributed by atoms with Crippen LogP contribution in [0.2, 0.25) is 0 Å². The molecule has 0 aromatic rings. The molecule has 3 heterocycles. The summed E-state index contributed by atoms with van der Waals surface area (Å²) in [7, 11) is 0. The molecule has 17 heteroatoms. The van der Waals surface area contributed by atoms with E-state index in [2.05, 4.69) is 40.7 Å². The van der Waals surface area contributed by atoms with Crippen LogP contribution in [0.3, 0.4) is 0 Å². The minimum atomic E-state index is -1.82. The van der Waals surface area contributed by atoms with Crippen molar-refractivity contribution in [1.82, 2.24) is 0 Å². The third-order valence-electron chi connectivity index (χ3n) is 18.6. The second kappa shape index (κ2) is 16.7. The lowest BCUT2D eigenvalue weighted by molar-refractivity contribution is -0.384. The van der Waals surface area contributed by atoms with Crippen molar-refractivity contribution < 1.29 is 84.3 Å². The summed E-state index contributed by atoms with van der Waals surface area (Å²) in [6.07, 6.45) is -12.7. The van der Waals surface area contributed by atoms with E-state index in [9.17, 15) is 55.9 Å². The van der Waals surface area contributed by atoms with Gasteiger partial charge in [0.1, 0.15) is 61.0 Å². The standard InChI is InChI=1S/C46H74O17/c1-21-29(49)35(62-37-33(53)32(52)31(51)25(19-47)60-37)34(54)38(59-21)63-36-30(50)24(48)20-58-39(36)61-28-11-12-42(4)26-9-8-22-23-18-41(2,3)14-16-46(23,40(55)56)17-15-43(22,5)44(26,6)13-10-27(42)45(28,7)57/h8,21,23-39,47-54,57H,9-20H2,1-7H3,(H,55,56)/t21-,23-,24-,25+,26+,27+,28-,29-,30-,31+,32-,33+,34+,35+,36+,37-,38-,39-,42+,43+,44+,45-,46-/m0/s1. The normalized spacial score (nSPS) is 55.7. The third kappa shape index (κ3) is 7.50. The molecule has 0 amide bonds. The first-order chi connectivity index (χ1) is 29.4. The average Bonchev–Trinajstić information content (AvgIpc) is 3.21. The van der Waals surface area contributed by atoms with Crippen LogP contribution in [0.5, 0.6) is 0 Å². The largest absolute Gasteiger partial charge is 0.481 e. The fourth-order valence-electron chi connectivity index (χ4n) is 14.4. The molecule has 3 aliphatic heterocycles. The predicted octanol–water partition coefficient (Wildman–Crippen LogP) is 1.10. The van der Waals surface area contributed by atoms with Crippen molar-refractivity contribution in [2.75, 3.05) is 13.2 Å². The Labute approximate surface area is 369 Å². The fourth-order valence-corrected chi connectivity index (χ4v) is 14.4. The molecule has 3 saturated heterocycles. The number of ether oxygens (including phenoxy) is 6. The van der Waals surface area contributed by atoms with Crippen LogP contribution in [0.1, 0.15) is 113 Å². The van der Waals surface area contributed by atoms with E-state index in [0.29, 0.717) is 32.1 Å². The molecule has 63 heavy (non-hydrogen) atoms. The lowest BCUT2D eigenvalue weighted by atomic mass is 9.34. The van der Waals surface area contributed by atoms with Crippen LogP contribution in [0.25, 0.3) is 0 Å². The molecule has 8 rings (SSSR count). The molecular weight excluding hydrogens is 824 g/mol. The third-order valence-corrected chi connectivity index (χ3v) is 18.6. The highest BCUT2D eigenvalue weighted by Crippen LogP contribution is 2.75. The SMILES string of the molecule is C[C@@H]1O[C@@H](O[C@H]2[C@H](O[C@H]3CC[C@]4(C)[C@H]5CC=C6[C@@H]7CC(C)(C)CC[C@]7(C(=O)O)CC[C@@]6(C)[C@]5(C)CC[C@H]4[C@]3(C)O)OC[C@H](O)[C@@H]2O)[C@H](O)[C@H](O[C@@H]2O[C@H](CO)[C@@H](O)[C@H](O)[C@H]2O)[C@H]1O. The molecule has 0 radical (unpaired) electrons. The zero-order valence-electron chi connectivity index (χ0n) is 37.8. The molecule has 0 unspecified atom stereocenters. The molecule has 4 saturated carbocycles. The summed E-state index contributed by atoms with van der Waals surface area (Å²) in [5, 5.41) is 109. The molecule has 0 spiro atoms. The highest BCUT2D eigenvalue weighted by Gasteiger charge is 2.70. The monoisotopic (exact) mass is 898 g/mol. The minimum Gasteiger partial charge on any atom is -0.481 e. The highest BCUT2D eigenvalue weighted by molar-refractivity contribution is 5.76. The molecule has 0 aromatic carbocycles. The Balaban J connectivity index is 0.999. The van der Waals surface area contributed by atoms with E-state index in [4.69, 9.17) is 28.4 Å². The van der Waals surface area contributed by atoms with Gasteiger partial charge in [-0.25, -0.2) is 0 Å². The smallest absolute Gasteiger partial charge is 0.310 e. The van der Waals surface area contributed by atoms with Gasteiger partial charge in [-0.15, -0.1) is 0 Å². The Morgan fingerprint density at radius 1 is 0.730 bits per heavy atom. The van der Waals surface area contributed by atoms with Crippen molar-refractivity contribution in [1.29, 1.82) is 0 Å².